The number of benzene rings is 1. The maximum atomic E-state index is 12.3. The molecule has 2 aromatic heterocycles. The van der Waals surface area contributed by atoms with Gasteiger partial charge in [-0.05, 0) is 66.5 Å². The number of aromatic nitrogens is 1. The Labute approximate surface area is 212 Å². The van der Waals surface area contributed by atoms with Crippen LogP contribution in [0.4, 0.5) is 0 Å². The molecule has 1 fully saturated rings. The maximum Gasteiger partial charge on any atom is 0.250 e. The molecule has 1 amide bonds. The molecule has 3 heterocycles. The molecular formula is C26H36N4O3S2. The summed E-state index contributed by atoms with van der Waals surface area (Å²) in [5.74, 6) is -0.105. The molecule has 0 saturated carbocycles. The van der Waals surface area contributed by atoms with Crippen molar-refractivity contribution in [3.05, 3.63) is 46.5 Å². The highest BCUT2D eigenvalue weighted by Crippen LogP contribution is 2.38. The summed E-state index contributed by atoms with van der Waals surface area (Å²) in [6.07, 6.45) is 3.47. The largest absolute Gasteiger partial charge is 0.366 e. The Morgan fingerprint density at radius 1 is 1.23 bits per heavy atom. The van der Waals surface area contributed by atoms with Crippen LogP contribution in [0.15, 0.2) is 30.5 Å². The van der Waals surface area contributed by atoms with Gasteiger partial charge >= 0.3 is 0 Å². The Bertz CT molecular complexity index is 1310. The molecule has 0 aliphatic carbocycles. The molecule has 1 aromatic carbocycles. The van der Waals surface area contributed by atoms with E-state index in [0.717, 1.165) is 52.8 Å². The van der Waals surface area contributed by atoms with E-state index < -0.39 is 15.9 Å². The van der Waals surface area contributed by atoms with Gasteiger partial charge in [-0.25, -0.2) is 12.7 Å². The number of fused-ring (bicyclic) bond motifs is 1. The highest BCUT2D eigenvalue weighted by molar-refractivity contribution is 7.89. The minimum absolute atomic E-state index is 0.130. The zero-order valence-electron chi connectivity index (χ0n) is 21.0. The molecule has 4 N–H and O–H groups in total. The fourth-order valence-electron chi connectivity index (χ4n) is 4.74. The molecule has 35 heavy (non-hydrogen) atoms. The maximum absolute atomic E-state index is 12.3. The summed E-state index contributed by atoms with van der Waals surface area (Å²) in [6, 6.07) is 8.25. The summed E-state index contributed by atoms with van der Waals surface area (Å²) in [4.78, 5) is 17.9. The number of carbonyl (C=O) groups is 1. The van der Waals surface area contributed by atoms with Gasteiger partial charge in [0.25, 0.3) is 5.91 Å². The van der Waals surface area contributed by atoms with Crippen LogP contribution in [0.1, 0.15) is 67.3 Å². The van der Waals surface area contributed by atoms with Gasteiger partial charge in [0.2, 0.25) is 10.0 Å². The van der Waals surface area contributed by atoms with Gasteiger partial charge in [-0.2, -0.15) is 0 Å². The Morgan fingerprint density at radius 2 is 1.94 bits per heavy atom. The Balaban J connectivity index is 1.62. The molecule has 1 aliphatic heterocycles. The van der Waals surface area contributed by atoms with Gasteiger partial charge in [-0.1, -0.05) is 20.8 Å². The van der Waals surface area contributed by atoms with Gasteiger partial charge in [-0.3, -0.25) is 4.79 Å². The third-order valence-electron chi connectivity index (χ3n) is 6.64. The third kappa shape index (κ3) is 5.80. The molecule has 4 rings (SSSR count). The van der Waals surface area contributed by atoms with Gasteiger partial charge in [0.05, 0.1) is 16.8 Å². The predicted octanol–water partition coefficient (Wildman–Crippen LogP) is 4.66. The van der Waals surface area contributed by atoms with E-state index in [2.05, 4.69) is 49.3 Å². The number of piperidine rings is 1. The number of carbonyl (C=O) groups excluding carboxylic acids is 1. The number of hydrogen-bond acceptors (Lipinski definition) is 5. The van der Waals surface area contributed by atoms with E-state index in [9.17, 15) is 13.2 Å². The number of sulfonamides is 1. The lowest BCUT2D eigenvalue weighted by Gasteiger charge is -2.31. The smallest absolute Gasteiger partial charge is 0.250 e. The SMILES string of the molecule is CCS(=O)(=O)N1CCC(c2c[nH]c3c(C(N)=O)cc(-c4ccc(CNCC(C)(C)C)s4)cc23)CC1. The van der Waals surface area contributed by atoms with Crippen molar-refractivity contribution in [1.82, 2.24) is 14.6 Å². The molecule has 7 nitrogen and oxygen atoms in total. The van der Waals surface area contributed by atoms with E-state index in [-0.39, 0.29) is 17.1 Å². The molecule has 1 aliphatic rings. The number of H-pyrrole nitrogens is 1. The van der Waals surface area contributed by atoms with Crippen LogP contribution in [0.25, 0.3) is 21.3 Å². The number of nitrogens with one attached hydrogen (secondary N) is 2. The number of rotatable bonds is 8. The lowest BCUT2D eigenvalue weighted by atomic mass is 9.89. The predicted molar refractivity (Wildman–Crippen MR) is 144 cm³/mol. The van der Waals surface area contributed by atoms with Crippen LogP contribution in [0.2, 0.25) is 0 Å². The first-order valence-corrected chi connectivity index (χ1v) is 14.6. The summed E-state index contributed by atoms with van der Waals surface area (Å²) >= 11 is 1.72. The van der Waals surface area contributed by atoms with Gasteiger partial charge in [0.15, 0.2) is 0 Å². The lowest BCUT2D eigenvalue weighted by Crippen LogP contribution is -2.38. The van der Waals surface area contributed by atoms with E-state index >= 15 is 0 Å². The quantitative estimate of drug-likeness (QED) is 0.405. The fraction of sp³-hybridized carbons (Fsp3) is 0.500. The average molecular weight is 517 g/mol. The number of thiophene rings is 1. The second-order valence-electron chi connectivity index (χ2n) is 10.6. The van der Waals surface area contributed by atoms with Crippen LogP contribution in [0, 0.1) is 5.41 Å². The number of aromatic amines is 1. The van der Waals surface area contributed by atoms with Crippen molar-refractivity contribution in [2.45, 2.75) is 53.0 Å². The first kappa shape index (κ1) is 25.9. The number of amides is 1. The molecule has 190 valence electrons. The molecule has 0 atom stereocenters. The Morgan fingerprint density at radius 3 is 2.57 bits per heavy atom. The minimum atomic E-state index is -3.17. The summed E-state index contributed by atoms with van der Waals surface area (Å²) in [5, 5.41) is 4.51. The molecule has 0 radical (unpaired) electrons. The third-order valence-corrected chi connectivity index (χ3v) is 9.66. The second kappa shape index (κ2) is 10.0. The Hall–Kier alpha value is -2.20. The first-order chi connectivity index (χ1) is 16.5. The molecule has 0 spiro atoms. The summed E-state index contributed by atoms with van der Waals surface area (Å²) in [7, 11) is -3.17. The zero-order chi connectivity index (χ0) is 25.4. The van der Waals surface area contributed by atoms with Crippen molar-refractivity contribution in [2.75, 3.05) is 25.4 Å². The minimum Gasteiger partial charge on any atom is -0.366 e. The fourth-order valence-corrected chi connectivity index (χ4v) is 6.84. The van der Waals surface area contributed by atoms with Gasteiger partial charge < -0.3 is 16.0 Å². The molecule has 9 heteroatoms. The number of nitrogens with zero attached hydrogens (tertiary/aromatic N) is 1. The van der Waals surface area contributed by atoms with Crippen LogP contribution in [-0.2, 0) is 16.6 Å². The summed E-state index contributed by atoms with van der Waals surface area (Å²) in [6.45, 7) is 11.1. The van der Waals surface area contributed by atoms with Gasteiger partial charge in [0.1, 0.15) is 0 Å². The number of nitrogens with two attached hydrogens (primary N) is 1. The summed E-state index contributed by atoms with van der Waals surface area (Å²) in [5.41, 5.74) is 9.33. The summed E-state index contributed by atoms with van der Waals surface area (Å²) < 4.78 is 26.1. The molecular weight excluding hydrogens is 480 g/mol. The van der Waals surface area contributed by atoms with E-state index in [1.54, 1.807) is 22.6 Å². The van der Waals surface area contributed by atoms with Crippen molar-refractivity contribution < 1.29 is 13.2 Å². The van der Waals surface area contributed by atoms with Crippen LogP contribution < -0.4 is 11.1 Å². The Kier molecular flexibility index (Phi) is 7.43. The van der Waals surface area contributed by atoms with Crippen molar-refractivity contribution in [2.24, 2.45) is 11.1 Å². The highest BCUT2D eigenvalue weighted by Gasteiger charge is 2.29. The van der Waals surface area contributed by atoms with Crippen molar-refractivity contribution in [1.29, 1.82) is 0 Å². The van der Waals surface area contributed by atoms with E-state index in [4.69, 9.17) is 5.73 Å². The zero-order valence-corrected chi connectivity index (χ0v) is 22.6. The molecule has 0 unspecified atom stereocenters. The van der Waals surface area contributed by atoms with Crippen LogP contribution in [-0.4, -0.2) is 49.0 Å². The standard InChI is InChI=1S/C26H36N4O3S2/c1-5-35(32,33)30-10-8-17(9-11-30)22-15-29-24-20(22)12-18(13-21(24)25(27)31)23-7-6-19(34-23)14-28-16-26(2,3)4/h6-7,12-13,15,17,28-29H,5,8-11,14,16H2,1-4H3,(H2,27,31). The van der Waals surface area contributed by atoms with Crippen molar-refractivity contribution in [3.63, 3.8) is 0 Å². The molecule has 0 bridgehead atoms. The first-order valence-electron chi connectivity index (χ1n) is 12.2. The molecule has 1 saturated heterocycles. The van der Waals surface area contributed by atoms with Gasteiger partial charge in [-0.15, -0.1) is 11.3 Å². The van der Waals surface area contributed by atoms with Crippen molar-refractivity contribution >= 4 is 38.2 Å². The average Bonchev–Trinajstić information content (AvgIpc) is 3.45. The van der Waals surface area contributed by atoms with Crippen LogP contribution in [0.3, 0.4) is 0 Å². The van der Waals surface area contributed by atoms with E-state index in [1.807, 2.05) is 12.3 Å². The van der Waals surface area contributed by atoms with E-state index in [1.165, 1.54) is 4.88 Å². The van der Waals surface area contributed by atoms with Gasteiger partial charge in [0, 0.05) is 47.5 Å². The molecule has 3 aromatic rings. The monoisotopic (exact) mass is 516 g/mol. The second-order valence-corrected chi connectivity index (χ2v) is 14.0. The number of primary amides is 1. The highest BCUT2D eigenvalue weighted by atomic mass is 32.2. The topological polar surface area (TPSA) is 108 Å². The van der Waals surface area contributed by atoms with Crippen LogP contribution in [0.5, 0.6) is 0 Å². The van der Waals surface area contributed by atoms with Crippen LogP contribution >= 0.6 is 11.3 Å². The lowest BCUT2D eigenvalue weighted by molar-refractivity contribution is 0.100. The van der Waals surface area contributed by atoms with E-state index in [0.29, 0.717) is 18.7 Å². The number of hydrogen-bond donors (Lipinski definition) is 3. The van der Waals surface area contributed by atoms with Crippen molar-refractivity contribution in [3.8, 4) is 10.4 Å². The normalized spacial score (nSPS) is 16.2.